The van der Waals surface area contributed by atoms with Crippen LogP contribution in [0.1, 0.15) is 31.9 Å². The van der Waals surface area contributed by atoms with Gasteiger partial charge < -0.3 is 4.74 Å². The van der Waals surface area contributed by atoms with Crippen LogP contribution in [0.15, 0.2) is 36.5 Å². The molecule has 1 aliphatic rings. The van der Waals surface area contributed by atoms with Crippen LogP contribution in [-0.4, -0.2) is 28.3 Å². The van der Waals surface area contributed by atoms with E-state index in [1.54, 1.807) is 11.1 Å². The summed E-state index contributed by atoms with van der Waals surface area (Å²) in [5.74, 6) is 0.779. The highest BCUT2D eigenvalue weighted by Crippen LogP contribution is 2.31. The lowest BCUT2D eigenvalue weighted by molar-refractivity contribution is -0.124. The number of nitrogens with zero attached hydrogens (tertiary/aromatic N) is 3. The highest BCUT2D eigenvalue weighted by Gasteiger charge is 2.32. The van der Waals surface area contributed by atoms with Gasteiger partial charge in [-0.2, -0.15) is 5.10 Å². The maximum absolute atomic E-state index is 12.6. The zero-order valence-electron chi connectivity index (χ0n) is 13.3. The largest absolute Gasteiger partial charge is 0.367 e. The van der Waals surface area contributed by atoms with Crippen LogP contribution in [0.3, 0.4) is 0 Å². The van der Waals surface area contributed by atoms with Crippen LogP contribution < -0.4 is 4.90 Å². The molecule has 0 N–H and O–H groups in total. The molecule has 0 aliphatic carbocycles. The molecule has 0 saturated carbocycles. The number of carbonyl (C=O) groups excluding carboxylic acids is 1. The standard InChI is InChI=1S/C17H20ClN3O2/c1-12-9-13(2)21-16(7-8-19-21)20(12)17(22)11-23-10-14-5-3-4-6-15(14)18/h3-8,12-13H,9-11H2,1-2H3/t12-,13-/m1/s1. The van der Waals surface area contributed by atoms with Gasteiger partial charge in [-0.25, -0.2) is 4.68 Å². The van der Waals surface area contributed by atoms with Crippen molar-refractivity contribution in [2.45, 2.75) is 39.0 Å². The summed E-state index contributed by atoms with van der Waals surface area (Å²) >= 11 is 6.09. The number of aromatic nitrogens is 2. The summed E-state index contributed by atoms with van der Waals surface area (Å²) in [6, 6.07) is 9.78. The van der Waals surface area contributed by atoms with Crippen LogP contribution in [0.25, 0.3) is 0 Å². The fraction of sp³-hybridized carbons (Fsp3) is 0.412. The minimum Gasteiger partial charge on any atom is -0.367 e. The van der Waals surface area contributed by atoms with Gasteiger partial charge in [0.15, 0.2) is 0 Å². The quantitative estimate of drug-likeness (QED) is 0.861. The maximum atomic E-state index is 12.6. The number of hydrogen-bond donors (Lipinski definition) is 0. The summed E-state index contributed by atoms with van der Waals surface area (Å²) in [4.78, 5) is 14.4. The van der Waals surface area contributed by atoms with Crippen molar-refractivity contribution >= 4 is 23.3 Å². The van der Waals surface area contributed by atoms with E-state index >= 15 is 0 Å². The van der Waals surface area contributed by atoms with Crippen LogP contribution in [-0.2, 0) is 16.1 Å². The number of rotatable bonds is 4. The van der Waals surface area contributed by atoms with Crippen LogP contribution in [0.2, 0.25) is 5.02 Å². The van der Waals surface area contributed by atoms with E-state index in [0.29, 0.717) is 17.7 Å². The van der Waals surface area contributed by atoms with E-state index in [0.717, 1.165) is 17.8 Å². The molecule has 2 aromatic rings. The third-order valence-electron chi connectivity index (χ3n) is 4.15. The summed E-state index contributed by atoms with van der Waals surface area (Å²) in [6.45, 7) is 4.51. The lowest BCUT2D eigenvalue weighted by Gasteiger charge is -2.36. The molecular weight excluding hydrogens is 314 g/mol. The van der Waals surface area contributed by atoms with E-state index < -0.39 is 0 Å². The fourth-order valence-corrected chi connectivity index (χ4v) is 3.26. The van der Waals surface area contributed by atoms with E-state index in [-0.39, 0.29) is 18.6 Å². The van der Waals surface area contributed by atoms with E-state index in [1.807, 2.05) is 35.0 Å². The molecule has 0 fully saturated rings. The molecule has 0 saturated heterocycles. The normalized spacial score (nSPS) is 20.4. The SMILES string of the molecule is C[C@@H]1C[C@@H](C)n2nccc2N1C(=O)COCc1ccccc1Cl. The first kappa shape index (κ1) is 16.0. The van der Waals surface area contributed by atoms with Crippen LogP contribution >= 0.6 is 11.6 Å². The van der Waals surface area contributed by atoms with Crippen molar-refractivity contribution in [1.29, 1.82) is 0 Å². The second-order valence-electron chi connectivity index (χ2n) is 5.92. The molecule has 1 amide bonds. The van der Waals surface area contributed by atoms with E-state index in [1.165, 1.54) is 0 Å². The number of fused-ring (bicyclic) bond motifs is 1. The lowest BCUT2D eigenvalue weighted by Crippen LogP contribution is -2.46. The zero-order chi connectivity index (χ0) is 16.4. The molecule has 3 rings (SSSR count). The Morgan fingerprint density at radius 2 is 2.09 bits per heavy atom. The molecule has 6 heteroatoms. The Bertz CT molecular complexity index is 701. The van der Waals surface area contributed by atoms with Crippen molar-refractivity contribution in [3.8, 4) is 0 Å². The van der Waals surface area contributed by atoms with Gasteiger partial charge in [-0.05, 0) is 31.9 Å². The molecule has 0 unspecified atom stereocenters. The highest BCUT2D eigenvalue weighted by molar-refractivity contribution is 6.31. The van der Waals surface area contributed by atoms with E-state index in [4.69, 9.17) is 16.3 Å². The number of amides is 1. The average molecular weight is 334 g/mol. The molecule has 2 atom stereocenters. The van der Waals surface area contributed by atoms with E-state index in [9.17, 15) is 4.79 Å². The fourth-order valence-electron chi connectivity index (χ4n) is 3.07. The van der Waals surface area contributed by atoms with Crippen molar-refractivity contribution in [2.75, 3.05) is 11.5 Å². The summed E-state index contributed by atoms with van der Waals surface area (Å²) in [7, 11) is 0. The van der Waals surface area contributed by atoms with Crippen LogP contribution in [0.4, 0.5) is 5.82 Å². The average Bonchev–Trinajstić information content (AvgIpc) is 2.99. The van der Waals surface area contributed by atoms with Gasteiger partial charge in [-0.15, -0.1) is 0 Å². The Hall–Kier alpha value is -1.85. The molecule has 1 aromatic carbocycles. The molecule has 5 nitrogen and oxygen atoms in total. The predicted octanol–water partition coefficient (Wildman–Crippen LogP) is 3.44. The molecule has 1 aromatic heterocycles. The first-order valence-corrected chi connectivity index (χ1v) is 8.12. The summed E-state index contributed by atoms with van der Waals surface area (Å²) in [5, 5.41) is 4.96. The van der Waals surface area contributed by atoms with E-state index in [2.05, 4.69) is 18.9 Å². The number of benzene rings is 1. The minimum atomic E-state index is -0.0572. The van der Waals surface area contributed by atoms with Gasteiger partial charge in [-0.1, -0.05) is 29.8 Å². The smallest absolute Gasteiger partial charge is 0.254 e. The topological polar surface area (TPSA) is 47.4 Å². The molecule has 0 bridgehead atoms. The van der Waals surface area contributed by atoms with Crippen molar-refractivity contribution in [1.82, 2.24) is 9.78 Å². The third kappa shape index (κ3) is 3.26. The number of anilines is 1. The maximum Gasteiger partial charge on any atom is 0.254 e. The number of hydrogen-bond acceptors (Lipinski definition) is 3. The van der Waals surface area contributed by atoms with Gasteiger partial charge >= 0.3 is 0 Å². The van der Waals surface area contributed by atoms with Crippen molar-refractivity contribution in [2.24, 2.45) is 0 Å². The van der Waals surface area contributed by atoms with Gasteiger partial charge in [0.1, 0.15) is 12.4 Å². The monoisotopic (exact) mass is 333 g/mol. The minimum absolute atomic E-state index is 0.0229. The van der Waals surface area contributed by atoms with Crippen molar-refractivity contribution in [3.63, 3.8) is 0 Å². The number of carbonyl (C=O) groups is 1. The van der Waals surface area contributed by atoms with Gasteiger partial charge in [-0.3, -0.25) is 9.69 Å². The van der Waals surface area contributed by atoms with Crippen molar-refractivity contribution < 1.29 is 9.53 Å². The Kier molecular flexibility index (Phi) is 4.68. The molecule has 1 aliphatic heterocycles. The first-order valence-electron chi connectivity index (χ1n) is 7.74. The summed E-state index contributed by atoms with van der Waals surface area (Å²) in [6.07, 6.45) is 2.61. The molecule has 2 heterocycles. The van der Waals surface area contributed by atoms with Gasteiger partial charge in [0, 0.05) is 17.1 Å². The van der Waals surface area contributed by atoms with Crippen LogP contribution in [0.5, 0.6) is 0 Å². The van der Waals surface area contributed by atoms with Gasteiger partial charge in [0.05, 0.1) is 18.8 Å². The lowest BCUT2D eigenvalue weighted by atomic mass is 10.1. The Morgan fingerprint density at radius 1 is 1.30 bits per heavy atom. The first-order chi connectivity index (χ1) is 11.1. The summed E-state index contributed by atoms with van der Waals surface area (Å²) in [5.41, 5.74) is 0.882. The number of halogens is 1. The Balaban J connectivity index is 1.65. The Labute approximate surface area is 140 Å². The Morgan fingerprint density at radius 3 is 2.87 bits per heavy atom. The molecule has 122 valence electrons. The molecule has 23 heavy (non-hydrogen) atoms. The zero-order valence-corrected chi connectivity index (χ0v) is 14.0. The van der Waals surface area contributed by atoms with Gasteiger partial charge in [0.25, 0.3) is 5.91 Å². The van der Waals surface area contributed by atoms with Crippen molar-refractivity contribution in [3.05, 3.63) is 47.1 Å². The summed E-state index contributed by atoms with van der Waals surface area (Å²) < 4.78 is 7.47. The third-order valence-corrected chi connectivity index (χ3v) is 4.52. The second kappa shape index (κ2) is 6.72. The molecule has 0 spiro atoms. The van der Waals surface area contributed by atoms with Crippen LogP contribution in [0, 0.1) is 0 Å². The molecule has 0 radical (unpaired) electrons. The highest BCUT2D eigenvalue weighted by atomic mass is 35.5. The van der Waals surface area contributed by atoms with Gasteiger partial charge in [0.2, 0.25) is 0 Å². The number of ether oxygens (including phenoxy) is 1. The second-order valence-corrected chi connectivity index (χ2v) is 6.32. The predicted molar refractivity (Wildman–Crippen MR) is 89.6 cm³/mol. The molecular formula is C17H20ClN3O2.